The van der Waals surface area contributed by atoms with Gasteiger partial charge in [0.05, 0.1) is 19.7 Å². The minimum Gasteiger partial charge on any atom is -0.465 e. The first-order valence-corrected chi connectivity index (χ1v) is 7.46. The van der Waals surface area contributed by atoms with Gasteiger partial charge in [0, 0.05) is 11.8 Å². The zero-order valence-corrected chi connectivity index (χ0v) is 13.9. The van der Waals surface area contributed by atoms with E-state index in [1.54, 1.807) is 6.07 Å². The van der Waals surface area contributed by atoms with E-state index in [2.05, 4.69) is 5.10 Å². The SMILES string of the molecule is COC(=O)c1c(C(=O)OC)c2cccnn2c1C(=O)c1ccc(F)cc1. The van der Waals surface area contributed by atoms with Crippen molar-refractivity contribution in [3.05, 3.63) is 70.8 Å². The van der Waals surface area contributed by atoms with Crippen LogP contribution in [-0.2, 0) is 9.47 Å². The molecule has 0 bridgehead atoms. The number of carbonyl (C=O) groups excluding carboxylic acids is 3. The van der Waals surface area contributed by atoms with E-state index in [0.717, 1.165) is 26.4 Å². The van der Waals surface area contributed by atoms with Crippen molar-refractivity contribution in [1.82, 2.24) is 9.61 Å². The van der Waals surface area contributed by atoms with E-state index in [1.807, 2.05) is 0 Å². The van der Waals surface area contributed by atoms with E-state index in [9.17, 15) is 18.8 Å². The van der Waals surface area contributed by atoms with Crippen molar-refractivity contribution in [3.8, 4) is 0 Å². The summed E-state index contributed by atoms with van der Waals surface area (Å²) in [5, 5.41) is 4.07. The quantitative estimate of drug-likeness (QED) is 0.526. The van der Waals surface area contributed by atoms with Gasteiger partial charge in [0.1, 0.15) is 22.6 Å². The summed E-state index contributed by atoms with van der Waals surface area (Å²) in [6, 6.07) is 7.87. The summed E-state index contributed by atoms with van der Waals surface area (Å²) in [5.41, 5.74) is -0.215. The molecule has 0 saturated carbocycles. The van der Waals surface area contributed by atoms with E-state index in [-0.39, 0.29) is 27.9 Å². The van der Waals surface area contributed by atoms with Crippen LogP contribution < -0.4 is 0 Å². The molecule has 2 aromatic heterocycles. The number of nitrogens with zero attached hydrogens (tertiary/aromatic N) is 2. The van der Waals surface area contributed by atoms with E-state index in [4.69, 9.17) is 9.47 Å². The maximum absolute atomic E-state index is 13.2. The number of esters is 2. The summed E-state index contributed by atoms with van der Waals surface area (Å²) >= 11 is 0. The first-order valence-electron chi connectivity index (χ1n) is 7.46. The highest BCUT2D eigenvalue weighted by atomic mass is 19.1. The molecular formula is C18H13FN2O5. The monoisotopic (exact) mass is 356 g/mol. The molecule has 0 atom stereocenters. The Bertz CT molecular complexity index is 1020. The van der Waals surface area contributed by atoms with Crippen LogP contribution in [0.5, 0.6) is 0 Å². The minimum atomic E-state index is -0.888. The molecule has 8 heteroatoms. The van der Waals surface area contributed by atoms with Crippen LogP contribution in [0.2, 0.25) is 0 Å². The Morgan fingerprint density at radius 3 is 2.19 bits per heavy atom. The summed E-state index contributed by atoms with van der Waals surface area (Å²) in [4.78, 5) is 37.6. The smallest absolute Gasteiger partial charge is 0.341 e. The number of aromatic nitrogens is 2. The maximum Gasteiger partial charge on any atom is 0.341 e. The van der Waals surface area contributed by atoms with Crippen LogP contribution in [0.1, 0.15) is 36.8 Å². The predicted molar refractivity (Wildman–Crippen MR) is 87.7 cm³/mol. The number of hydrogen-bond donors (Lipinski definition) is 0. The molecule has 1 aromatic carbocycles. The van der Waals surface area contributed by atoms with Crippen molar-refractivity contribution in [1.29, 1.82) is 0 Å². The normalized spacial score (nSPS) is 10.6. The van der Waals surface area contributed by atoms with Gasteiger partial charge < -0.3 is 9.47 Å². The predicted octanol–water partition coefficient (Wildman–Crippen LogP) is 2.28. The average Bonchev–Trinajstić information content (AvgIpc) is 3.02. The lowest BCUT2D eigenvalue weighted by atomic mass is 10.0. The summed E-state index contributed by atoms with van der Waals surface area (Å²) in [7, 11) is 2.29. The van der Waals surface area contributed by atoms with Crippen molar-refractivity contribution in [2.75, 3.05) is 14.2 Å². The molecule has 0 fully saturated rings. The standard InChI is InChI=1S/C18H13FN2O5/c1-25-17(23)13-12-4-3-9-20-21(12)15(14(13)18(24)26-2)16(22)10-5-7-11(19)8-6-10/h3-9H,1-2H3. The highest BCUT2D eigenvalue weighted by molar-refractivity contribution is 6.19. The number of hydrogen-bond acceptors (Lipinski definition) is 6. The topological polar surface area (TPSA) is 87.0 Å². The molecule has 0 aliphatic rings. The summed E-state index contributed by atoms with van der Waals surface area (Å²) in [6.45, 7) is 0. The molecule has 0 aliphatic heterocycles. The molecule has 0 aliphatic carbocycles. The number of halogens is 1. The molecule has 2 heterocycles. The highest BCUT2D eigenvalue weighted by Crippen LogP contribution is 2.27. The molecule has 26 heavy (non-hydrogen) atoms. The second-order valence-electron chi connectivity index (χ2n) is 5.24. The minimum absolute atomic E-state index is 0.123. The molecular weight excluding hydrogens is 343 g/mol. The Kier molecular flexibility index (Phi) is 4.49. The van der Waals surface area contributed by atoms with Gasteiger partial charge in [0.15, 0.2) is 0 Å². The molecule has 3 aromatic rings. The summed E-state index contributed by atoms with van der Waals surface area (Å²) in [5.74, 6) is -2.83. The van der Waals surface area contributed by atoms with Gasteiger partial charge >= 0.3 is 11.9 Å². The van der Waals surface area contributed by atoms with Gasteiger partial charge in [-0.25, -0.2) is 18.5 Å². The summed E-state index contributed by atoms with van der Waals surface area (Å²) in [6.07, 6.45) is 1.40. The van der Waals surface area contributed by atoms with Crippen molar-refractivity contribution in [2.24, 2.45) is 0 Å². The highest BCUT2D eigenvalue weighted by Gasteiger charge is 2.33. The van der Waals surface area contributed by atoms with Crippen molar-refractivity contribution < 1.29 is 28.2 Å². The number of methoxy groups -OCH3 is 2. The Morgan fingerprint density at radius 1 is 0.962 bits per heavy atom. The largest absolute Gasteiger partial charge is 0.465 e. The molecule has 0 unspecified atom stereocenters. The number of ether oxygens (including phenoxy) is 2. The third-order valence-corrected chi connectivity index (χ3v) is 3.81. The van der Waals surface area contributed by atoms with Gasteiger partial charge in [-0.2, -0.15) is 5.10 Å². The van der Waals surface area contributed by atoms with Crippen LogP contribution in [0.15, 0.2) is 42.6 Å². The van der Waals surface area contributed by atoms with E-state index < -0.39 is 23.5 Å². The van der Waals surface area contributed by atoms with Gasteiger partial charge in [0.2, 0.25) is 5.78 Å². The molecule has 132 valence electrons. The Morgan fingerprint density at radius 2 is 1.58 bits per heavy atom. The first-order chi connectivity index (χ1) is 12.5. The lowest BCUT2D eigenvalue weighted by Crippen LogP contribution is -2.15. The van der Waals surface area contributed by atoms with Gasteiger partial charge in [0.25, 0.3) is 0 Å². The van der Waals surface area contributed by atoms with Gasteiger partial charge in [-0.05, 0) is 36.4 Å². The van der Waals surface area contributed by atoms with Crippen molar-refractivity contribution >= 4 is 23.2 Å². The lowest BCUT2D eigenvalue weighted by molar-refractivity contribution is 0.0556. The lowest BCUT2D eigenvalue weighted by Gasteiger charge is -2.05. The fourth-order valence-corrected chi connectivity index (χ4v) is 2.65. The Labute approximate surface area is 146 Å². The maximum atomic E-state index is 13.2. The third kappa shape index (κ3) is 2.71. The van der Waals surface area contributed by atoms with E-state index in [0.29, 0.717) is 0 Å². The van der Waals surface area contributed by atoms with Crippen molar-refractivity contribution in [2.45, 2.75) is 0 Å². The average molecular weight is 356 g/mol. The van der Waals surface area contributed by atoms with Crippen LogP contribution in [0.25, 0.3) is 5.52 Å². The number of fused-ring (bicyclic) bond motifs is 1. The van der Waals surface area contributed by atoms with Crippen LogP contribution in [-0.4, -0.2) is 41.6 Å². The number of benzene rings is 1. The molecule has 0 spiro atoms. The second kappa shape index (κ2) is 6.75. The van der Waals surface area contributed by atoms with E-state index in [1.165, 1.54) is 28.9 Å². The number of ketones is 1. The van der Waals surface area contributed by atoms with Crippen LogP contribution in [0.3, 0.4) is 0 Å². The van der Waals surface area contributed by atoms with Gasteiger partial charge in [-0.3, -0.25) is 4.79 Å². The van der Waals surface area contributed by atoms with Gasteiger partial charge in [-0.15, -0.1) is 0 Å². The Balaban J connectivity index is 2.36. The number of carbonyl (C=O) groups is 3. The zero-order chi connectivity index (χ0) is 18.8. The van der Waals surface area contributed by atoms with Crippen LogP contribution >= 0.6 is 0 Å². The summed E-state index contributed by atoms with van der Waals surface area (Å²) < 4.78 is 23.8. The third-order valence-electron chi connectivity index (χ3n) is 3.81. The molecule has 0 saturated heterocycles. The second-order valence-corrected chi connectivity index (χ2v) is 5.24. The fourth-order valence-electron chi connectivity index (χ4n) is 2.65. The Hall–Kier alpha value is -3.55. The zero-order valence-electron chi connectivity index (χ0n) is 13.9. The van der Waals surface area contributed by atoms with Crippen molar-refractivity contribution in [3.63, 3.8) is 0 Å². The first kappa shape index (κ1) is 17.3. The molecule has 0 amide bonds. The molecule has 3 rings (SSSR count). The molecule has 0 N–H and O–H groups in total. The molecule has 7 nitrogen and oxygen atoms in total. The van der Waals surface area contributed by atoms with Crippen LogP contribution in [0, 0.1) is 5.82 Å². The van der Waals surface area contributed by atoms with E-state index >= 15 is 0 Å². The number of rotatable bonds is 4. The van der Waals surface area contributed by atoms with Gasteiger partial charge in [-0.1, -0.05) is 0 Å². The molecule has 0 radical (unpaired) electrons. The van der Waals surface area contributed by atoms with Crippen LogP contribution in [0.4, 0.5) is 4.39 Å². The fraction of sp³-hybridized carbons (Fsp3) is 0.111.